The first-order valence-corrected chi connectivity index (χ1v) is 4.38. The monoisotopic (exact) mass is 212 g/mol. The fourth-order valence-electron chi connectivity index (χ4n) is 0.950. The Hall–Kier alpha value is -1.92. The lowest BCUT2D eigenvalue weighted by Crippen LogP contribution is -2.40. The van der Waals surface area contributed by atoms with Gasteiger partial charge in [-0.2, -0.15) is 0 Å². The maximum Gasteiger partial charge on any atom is 0.325 e. The molecule has 1 atom stereocenters. The number of aliphatic carboxylic acids is 1. The van der Waals surface area contributed by atoms with Gasteiger partial charge < -0.3 is 10.4 Å². The third kappa shape index (κ3) is 3.04. The van der Waals surface area contributed by atoms with Crippen molar-refractivity contribution in [3.63, 3.8) is 0 Å². The topological polar surface area (TPSA) is 97.1 Å². The van der Waals surface area contributed by atoms with Gasteiger partial charge in [-0.1, -0.05) is 5.21 Å². The summed E-state index contributed by atoms with van der Waals surface area (Å²) in [7, 11) is 0. The Morgan fingerprint density at radius 1 is 1.67 bits per heavy atom. The van der Waals surface area contributed by atoms with Crippen molar-refractivity contribution in [1.82, 2.24) is 20.3 Å². The number of carboxylic acid groups (broad SMARTS) is 1. The van der Waals surface area contributed by atoms with Crippen molar-refractivity contribution in [2.45, 2.75) is 26.4 Å². The quantitative estimate of drug-likeness (QED) is 0.679. The summed E-state index contributed by atoms with van der Waals surface area (Å²) in [6, 6.07) is -0.902. The predicted molar refractivity (Wildman–Crippen MR) is 50.0 cm³/mol. The van der Waals surface area contributed by atoms with E-state index in [1.165, 1.54) is 17.8 Å². The second-order valence-electron chi connectivity index (χ2n) is 3.16. The first-order chi connectivity index (χ1) is 7.00. The molecule has 1 aromatic heterocycles. The minimum atomic E-state index is -1.07. The number of aromatic nitrogens is 3. The molecule has 1 rings (SSSR count). The number of aryl methyl sites for hydroxylation is 1. The molecule has 7 nitrogen and oxygen atoms in total. The van der Waals surface area contributed by atoms with Crippen molar-refractivity contribution in [1.29, 1.82) is 0 Å². The molecule has 0 aliphatic rings. The molecule has 1 aromatic rings. The highest BCUT2D eigenvalue weighted by molar-refractivity contribution is 5.82. The largest absolute Gasteiger partial charge is 0.480 e. The molecule has 0 fully saturated rings. The van der Waals surface area contributed by atoms with E-state index < -0.39 is 17.9 Å². The molecule has 0 saturated heterocycles. The van der Waals surface area contributed by atoms with Crippen LogP contribution in [-0.4, -0.2) is 38.0 Å². The summed E-state index contributed by atoms with van der Waals surface area (Å²) < 4.78 is 1.39. The molecule has 1 heterocycles. The van der Waals surface area contributed by atoms with Crippen molar-refractivity contribution >= 4 is 11.9 Å². The van der Waals surface area contributed by atoms with Gasteiger partial charge in [-0.15, -0.1) is 5.10 Å². The van der Waals surface area contributed by atoms with Crippen LogP contribution in [0.5, 0.6) is 0 Å². The second kappa shape index (κ2) is 4.54. The third-order valence-electron chi connectivity index (χ3n) is 1.85. The fourth-order valence-corrected chi connectivity index (χ4v) is 0.950. The van der Waals surface area contributed by atoms with Gasteiger partial charge in [0.15, 0.2) is 0 Å². The average molecular weight is 212 g/mol. The molecule has 0 bridgehead atoms. The highest BCUT2D eigenvalue weighted by Crippen LogP contribution is 1.92. The molecular weight excluding hydrogens is 200 g/mol. The summed E-state index contributed by atoms with van der Waals surface area (Å²) in [5.74, 6) is -1.47. The van der Waals surface area contributed by atoms with Crippen LogP contribution < -0.4 is 5.32 Å². The Bertz CT molecular complexity index is 374. The van der Waals surface area contributed by atoms with E-state index in [0.29, 0.717) is 0 Å². The second-order valence-corrected chi connectivity index (χ2v) is 3.16. The van der Waals surface area contributed by atoms with Gasteiger partial charge in [-0.05, 0) is 13.8 Å². The Balaban J connectivity index is 2.50. The van der Waals surface area contributed by atoms with E-state index in [0.717, 1.165) is 5.69 Å². The molecule has 7 heteroatoms. The van der Waals surface area contributed by atoms with Gasteiger partial charge in [0.2, 0.25) is 5.91 Å². The lowest BCUT2D eigenvalue weighted by molar-refractivity contribution is -0.141. The number of carboxylic acids is 1. The maximum atomic E-state index is 11.3. The van der Waals surface area contributed by atoms with Crippen LogP contribution in [0.1, 0.15) is 12.6 Å². The van der Waals surface area contributed by atoms with E-state index in [9.17, 15) is 9.59 Å². The Labute approximate surface area is 86.1 Å². The van der Waals surface area contributed by atoms with Gasteiger partial charge in [-0.25, -0.2) is 4.68 Å². The van der Waals surface area contributed by atoms with Gasteiger partial charge in [0.25, 0.3) is 0 Å². The molecule has 0 aromatic carbocycles. The molecular formula is C8H12N4O3. The normalized spacial score (nSPS) is 12.1. The molecule has 0 radical (unpaired) electrons. The van der Waals surface area contributed by atoms with Gasteiger partial charge in [0, 0.05) is 0 Å². The van der Waals surface area contributed by atoms with Crippen molar-refractivity contribution < 1.29 is 14.7 Å². The smallest absolute Gasteiger partial charge is 0.325 e. The number of hydrogen-bond acceptors (Lipinski definition) is 4. The average Bonchev–Trinajstić information content (AvgIpc) is 2.51. The highest BCUT2D eigenvalue weighted by Gasteiger charge is 2.14. The summed E-state index contributed by atoms with van der Waals surface area (Å²) in [5, 5.41) is 18.2. The Kier molecular flexibility index (Phi) is 3.37. The molecule has 0 aliphatic heterocycles. The Morgan fingerprint density at radius 2 is 2.33 bits per heavy atom. The molecule has 15 heavy (non-hydrogen) atoms. The van der Waals surface area contributed by atoms with Crippen molar-refractivity contribution in [3.05, 3.63) is 11.9 Å². The van der Waals surface area contributed by atoms with Gasteiger partial charge in [0.05, 0.1) is 11.9 Å². The molecule has 0 saturated carbocycles. The number of carbonyl (C=O) groups excluding carboxylic acids is 1. The standard InChI is InChI=1S/C8H12N4O3/c1-5-3-9-11-12(5)4-7(13)10-6(2)8(14)15/h3,6H,4H2,1-2H3,(H,10,13)(H,14,15). The first-order valence-electron chi connectivity index (χ1n) is 4.38. The van der Waals surface area contributed by atoms with Crippen LogP contribution in [0.2, 0.25) is 0 Å². The van der Waals surface area contributed by atoms with Gasteiger partial charge >= 0.3 is 5.97 Å². The third-order valence-corrected chi connectivity index (χ3v) is 1.85. The Morgan fingerprint density at radius 3 is 2.80 bits per heavy atom. The lowest BCUT2D eigenvalue weighted by atomic mass is 10.3. The molecule has 82 valence electrons. The molecule has 1 amide bonds. The van der Waals surface area contributed by atoms with Crippen molar-refractivity contribution in [2.75, 3.05) is 0 Å². The molecule has 2 N–H and O–H groups in total. The van der Waals surface area contributed by atoms with E-state index in [-0.39, 0.29) is 6.54 Å². The summed E-state index contributed by atoms with van der Waals surface area (Å²) in [6.07, 6.45) is 1.52. The van der Waals surface area contributed by atoms with Crippen LogP contribution in [0.15, 0.2) is 6.20 Å². The van der Waals surface area contributed by atoms with Crippen molar-refractivity contribution in [2.24, 2.45) is 0 Å². The number of amides is 1. The molecule has 0 spiro atoms. The van der Waals surface area contributed by atoms with E-state index in [1.807, 2.05) is 0 Å². The van der Waals surface area contributed by atoms with Crippen LogP contribution in [-0.2, 0) is 16.1 Å². The summed E-state index contributed by atoms with van der Waals surface area (Å²) in [5.41, 5.74) is 0.744. The zero-order valence-electron chi connectivity index (χ0n) is 8.47. The number of nitrogens with zero attached hydrogens (tertiary/aromatic N) is 3. The summed E-state index contributed by atoms with van der Waals surface area (Å²) >= 11 is 0. The number of hydrogen-bond donors (Lipinski definition) is 2. The first kappa shape index (κ1) is 11.2. The molecule has 0 aliphatic carbocycles. The minimum absolute atomic E-state index is 0.0244. The fraction of sp³-hybridized carbons (Fsp3) is 0.500. The van der Waals surface area contributed by atoms with E-state index >= 15 is 0 Å². The maximum absolute atomic E-state index is 11.3. The van der Waals surface area contributed by atoms with E-state index in [4.69, 9.17) is 5.11 Å². The van der Waals surface area contributed by atoms with Crippen LogP contribution in [0, 0.1) is 6.92 Å². The predicted octanol–water partition coefficient (Wildman–Crippen LogP) is -0.824. The highest BCUT2D eigenvalue weighted by atomic mass is 16.4. The summed E-state index contributed by atoms with van der Waals surface area (Å²) in [6.45, 7) is 3.13. The van der Waals surface area contributed by atoms with E-state index in [2.05, 4.69) is 15.6 Å². The van der Waals surface area contributed by atoms with Crippen molar-refractivity contribution in [3.8, 4) is 0 Å². The molecule has 1 unspecified atom stereocenters. The number of nitrogens with one attached hydrogen (secondary N) is 1. The number of carbonyl (C=O) groups is 2. The van der Waals surface area contributed by atoms with Crippen LogP contribution in [0.25, 0.3) is 0 Å². The number of rotatable bonds is 4. The van der Waals surface area contributed by atoms with Crippen LogP contribution in [0.4, 0.5) is 0 Å². The zero-order chi connectivity index (χ0) is 11.4. The van der Waals surface area contributed by atoms with Crippen LogP contribution in [0.3, 0.4) is 0 Å². The van der Waals surface area contributed by atoms with Gasteiger partial charge in [0.1, 0.15) is 12.6 Å². The van der Waals surface area contributed by atoms with E-state index in [1.54, 1.807) is 6.92 Å². The zero-order valence-corrected chi connectivity index (χ0v) is 8.47. The lowest BCUT2D eigenvalue weighted by Gasteiger charge is -2.09. The van der Waals surface area contributed by atoms with Gasteiger partial charge in [-0.3, -0.25) is 9.59 Å². The summed E-state index contributed by atoms with van der Waals surface area (Å²) in [4.78, 5) is 21.8. The minimum Gasteiger partial charge on any atom is -0.480 e. The SMILES string of the molecule is Cc1cnnn1CC(=O)NC(C)C(=O)O. The van der Waals surface area contributed by atoms with Crippen LogP contribution >= 0.6 is 0 Å².